The van der Waals surface area contributed by atoms with Crippen LogP contribution in [-0.4, -0.2) is 37.8 Å². The Morgan fingerprint density at radius 1 is 0.844 bits per heavy atom. The summed E-state index contributed by atoms with van der Waals surface area (Å²) in [6.45, 7) is -2.26. The highest BCUT2D eigenvalue weighted by Crippen LogP contribution is 2.54. The number of ether oxygens (including phenoxy) is 2. The summed E-state index contributed by atoms with van der Waals surface area (Å²) in [4.78, 5) is 26.0. The predicted molar refractivity (Wildman–Crippen MR) is 138 cm³/mol. The Kier molecular flexibility index (Phi) is 9.80. The van der Waals surface area contributed by atoms with Crippen molar-refractivity contribution in [2.75, 3.05) is 12.4 Å². The molecule has 3 aromatic carbocycles. The van der Waals surface area contributed by atoms with Crippen LogP contribution in [0.25, 0.3) is 0 Å². The van der Waals surface area contributed by atoms with E-state index in [1.807, 2.05) is 0 Å². The molecule has 1 amide bonds. The van der Waals surface area contributed by atoms with Crippen LogP contribution in [0.15, 0.2) is 54.6 Å². The first kappa shape index (κ1) is 35.1. The summed E-state index contributed by atoms with van der Waals surface area (Å²) in [5.74, 6) is -6.56. The molecule has 0 saturated carbocycles. The van der Waals surface area contributed by atoms with Gasteiger partial charge >= 0.3 is 24.6 Å². The molecule has 45 heavy (non-hydrogen) atoms. The van der Waals surface area contributed by atoms with Gasteiger partial charge in [0.15, 0.2) is 11.5 Å². The molecule has 244 valence electrons. The maximum atomic E-state index is 14.7. The van der Waals surface area contributed by atoms with Crippen LogP contribution in [0.1, 0.15) is 49.9 Å². The number of benzene rings is 3. The van der Waals surface area contributed by atoms with E-state index >= 15 is 0 Å². The number of rotatable bonds is 10. The van der Waals surface area contributed by atoms with E-state index in [9.17, 15) is 57.9 Å². The maximum absolute atomic E-state index is 14.7. The summed E-state index contributed by atoms with van der Waals surface area (Å²) in [6.07, 6.45) is -14.0. The van der Waals surface area contributed by atoms with Crippen molar-refractivity contribution in [3.63, 3.8) is 0 Å². The lowest BCUT2D eigenvalue weighted by Gasteiger charge is -2.31. The predicted octanol–water partition coefficient (Wildman–Crippen LogP) is 8.68. The van der Waals surface area contributed by atoms with Gasteiger partial charge in [-0.1, -0.05) is 24.3 Å². The van der Waals surface area contributed by atoms with Crippen LogP contribution in [0.2, 0.25) is 0 Å². The molecule has 0 spiro atoms. The monoisotopic (exact) mass is 657 g/mol. The average molecular weight is 657 g/mol. The van der Waals surface area contributed by atoms with Gasteiger partial charge in [0, 0.05) is 35.6 Å². The molecule has 0 heterocycles. The van der Waals surface area contributed by atoms with Gasteiger partial charge in [0.25, 0.3) is 11.8 Å². The van der Waals surface area contributed by atoms with E-state index in [1.54, 1.807) is 0 Å². The summed E-state index contributed by atoms with van der Waals surface area (Å²) < 4.78 is 157. The molecule has 5 nitrogen and oxygen atoms in total. The molecule has 0 radical (unpaired) electrons. The third kappa shape index (κ3) is 7.31. The van der Waals surface area contributed by atoms with Crippen molar-refractivity contribution in [3.05, 3.63) is 88.0 Å². The molecule has 0 aliphatic carbocycles. The van der Waals surface area contributed by atoms with Gasteiger partial charge in [0.1, 0.15) is 5.75 Å². The van der Waals surface area contributed by atoms with Crippen LogP contribution < -0.4 is 14.8 Å². The molecule has 0 saturated heterocycles. The fourth-order valence-corrected chi connectivity index (χ4v) is 4.34. The molecule has 3 aromatic rings. The largest absolute Gasteiger partial charge is 0.494 e. The lowest BCUT2D eigenvalue weighted by molar-refractivity contribution is -0.348. The number of amides is 1. The molecule has 0 fully saturated rings. The van der Waals surface area contributed by atoms with Crippen molar-refractivity contribution in [1.82, 2.24) is 0 Å². The zero-order valence-electron chi connectivity index (χ0n) is 23.3. The number of ketones is 1. The van der Waals surface area contributed by atoms with Crippen molar-refractivity contribution >= 4 is 17.4 Å². The lowest BCUT2D eigenvalue weighted by atomic mass is 9.89. The Morgan fingerprint density at radius 3 is 1.91 bits per heavy atom. The summed E-state index contributed by atoms with van der Waals surface area (Å²) in [5.41, 5.74) is -10.1. The Labute approximate surface area is 247 Å². The molecule has 0 atom stereocenters. The second kappa shape index (κ2) is 12.6. The van der Waals surface area contributed by atoms with E-state index < -0.39 is 71.1 Å². The highest BCUT2D eigenvalue weighted by Gasteiger charge is 2.73. The molecule has 0 aliphatic heterocycles. The minimum atomic E-state index is -6.54. The number of carbonyl (C=O) groups is 2. The second-order valence-corrected chi connectivity index (χ2v) is 9.71. The average Bonchev–Trinajstić information content (AvgIpc) is 2.92. The fourth-order valence-electron chi connectivity index (χ4n) is 4.34. The number of para-hydroxylation sites is 1. The van der Waals surface area contributed by atoms with Gasteiger partial charge in [-0.15, -0.1) is 0 Å². The van der Waals surface area contributed by atoms with Crippen LogP contribution in [-0.2, 0) is 18.0 Å². The lowest BCUT2D eigenvalue weighted by Crippen LogP contribution is -2.50. The Morgan fingerprint density at radius 2 is 1.42 bits per heavy atom. The Bertz CT molecular complexity index is 1550. The first-order valence-corrected chi connectivity index (χ1v) is 12.5. The molecule has 1 N–H and O–H groups in total. The number of alkyl halides is 11. The van der Waals surface area contributed by atoms with E-state index in [4.69, 9.17) is 4.74 Å². The van der Waals surface area contributed by atoms with Crippen LogP contribution in [0.5, 0.6) is 11.5 Å². The smallest absolute Gasteiger partial charge is 0.435 e. The van der Waals surface area contributed by atoms with Gasteiger partial charge in [-0.25, -0.2) is 13.2 Å². The SMILES string of the molecule is COc1c(NC(=O)c2ccc(C(C)(F)F)cc2)cccc1C(=O)Cc1c(C)cc(C(F)(C(F)(F)F)C(F)(F)F)cc1OC(F)F. The third-order valence-electron chi connectivity index (χ3n) is 6.59. The van der Waals surface area contributed by atoms with Crippen molar-refractivity contribution in [2.45, 2.75) is 50.8 Å². The zero-order chi connectivity index (χ0) is 34.1. The quantitative estimate of drug-likeness (QED) is 0.175. The number of aryl methyl sites for hydroxylation is 1. The number of halogens is 11. The summed E-state index contributed by atoms with van der Waals surface area (Å²) in [6, 6.07) is 7.89. The van der Waals surface area contributed by atoms with Gasteiger partial charge < -0.3 is 14.8 Å². The highest BCUT2D eigenvalue weighted by molar-refractivity contribution is 6.07. The van der Waals surface area contributed by atoms with E-state index in [2.05, 4.69) is 10.1 Å². The number of anilines is 1. The molecule has 3 rings (SSSR count). The molecule has 0 aliphatic rings. The first-order chi connectivity index (χ1) is 20.6. The Balaban J connectivity index is 2.01. The minimum Gasteiger partial charge on any atom is -0.494 e. The van der Waals surface area contributed by atoms with E-state index in [1.165, 1.54) is 12.1 Å². The van der Waals surface area contributed by atoms with Crippen LogP contribution >= 0.6 is 0 Å². The van der Waals surface area contributed by atoms with Gasteiger partial charge in [-0.2, -0.15) is 35.1 Å². The first-order valence-electron chi connectivity index (χ1n) is 12.5. The molecular formula is C29H22F11NO4. The van der Waals surface area contributed by atoms with Gasteiger partial charge in [0.05, 0.1) is 18.4 Å². The van der Waals surface area contributed by atoms with E-state index in [0.717, 1.165) is 44.4 Å². The number of methoxy groups -OCH3 is 1. The topological polar surface area (TPSA) is 64.6 Å². The number of hydrogen-bond acceptors (Lipinski definition) is 4. The van der Waals surface area contributed by atoms with Crippen LogP contribution in [0, 0.1) is 6.92 Å². The van der Waals surface area contributed by atoms with Crippen LogP contribution in [0.3, 0.4) is 0 Å². The van der Waals surface area contributed by atoms with Gasteiger partial charge in [0.2, 0.25) is 0 Å². The second-order valence-electron chi connectivity index (χ2n) is 9.71. The van der Waals surface area contributed by atoms with Crippen molar-refractivity contribution in [3.8, 4) is 11.5 Å². The third-order valence-corrected chi connectivity index (χ3v) is 6.59. The van der Waals surface area contributed by atoms with Gasteiger partial charge in [-0.05, 0) is 42.8 Å². The number of nitrogens with one attached hydrogen (secondary N) is 1. The highest BCUT2D eigenvalue weighted by atomic mass is 19.4. The summed E-state index contributed by atoms with van der Waals surface area (Å²) >= 11 is 0. The Hall–Kier alpha value is -4.37. The maximum Gasteiger partial charge on any atom is 0.435 e. The molecule has 16 heteroatoms. The number of hydrogen-bond donors (Lipinski definition) is 1. The van der Waals surface area contributed by atoms with Crippen LogP contribution in [0.4, 0.5) is 54.0 Å². The zero-order valence-corrected chi connectivity index (χ0v) is 23.3. The standard InChI is InChI=1S/C29H22F11NO4/c1-14-11-17(27(34,28(35,36)37)29(38,39)40)12-22(45-25(30)31)19(14)13-21(42)18-5-4-6-20(23(18)44-3)41-24(43)15-7-9-16(10-8-15)26(2,32)33/h4-12,25H,13H2,1-3H3,(H,41,43). The fraction of sp³-hybridized carbons (Fsp3) is 0.310. The summed E-state index contributed by atoms with van der Waals surface area (Å²) in [5, 5.41) is 2.41. The number of Topliss-reactive ketones (excluding diaryl/α,β-unsaturated/α-hetero) is 1. The molecule has 0 aromatic heterocycles. The molecular weight excluding hydrogens is 635 g/mol. The van der Waals surface area contributed by atoms with Crippen molar-refractivity contribution < 1.29 is 67.4 Å². The molecule has 0 unspecified atom stereocenters. The summed E-state index contributed by atoms with van der Waals surface area (Å²) in [7, 11) is 1.08. The molecule has 0 bridgehead atoms. The number of carbonyl (C=O) groups excluding carboxylic acids is 2. The normalized spacial score (nSPS) is 12.7. The van der Waals surface area contributed by atoms with E-state index in [-0.39, 0.29) is 40.3 Å². The van der Waals surface area contributed by atoms with Gasteiger partial charge in [-0.3, -0.25) is 9.59 Å². The van der Waals surface area contributed by atoms with Crippen molar-refractivity contribution in [2.24, 2.45) is 0 Å². The van der Waals surface area contributed by atoms with Crippen molar-refractivity contribution in [1.29, 1.82) is 0 Å². The minimum absolute atomic E-state index is 0.0621. The van der Waals surface area contributed by atoms with E-state index in [0.29, 0.717) is 6.92 Å².